The van der Waals surface area contributed by atoms with Gasteiger partial charge >= 0.3 is 0 Å². The number of aliphatic hydroxyl groups is 1. The van der Waals surface area contributed by atoms with E-state index in [2.05, 4.69) is 22.3 Å². The molecule has 5 nitrogen and oxygen atoms in total. The predicted molar refractivity (Wildman–Crippen MR) is 96.4 cm³/mol. The van der Waals surface area contributed by atoms with Crippen LogP contribution in [0.1, 0.15) is 27.9 Å². The van der Waals surface area contributed by atoms with E-state index in [0.29, 0.717) is 19.5 Å². The number of rotatable bonds is 5. The summed E-state index contributed by atoms with van der Waals surface area (Å²) in [5.74, 6) is -0.302. The standard InChI is InChI=1S/C20H24N2O3/c1-14-7-8-18(19(24)9-14)20(25)21-11-16-10-17(23)13-22(16)12-15-5-3-2-4-6-15/h2-9,16-17,23-24H,10-13H2,1H3,(H,21,25)/t16-,17+/m0/s1. The second-order valence-corrected chi connectivity index (χ2v) is 6.69. The molecule has 132 valence electrons. The van der Waals surface area contributed by atoms with Crippen molar-refractivity contribution in [3.05, 3.63) is 65.2 Å². The summed E-state index contributed by atoms with van der Waals surface area (Å²) in [6, 6.07) is 15.2. The molecule has 3 N–H and O–H groups in total. The van der Waals surface area contributed by atoms with Gasteiger partial charge < -0.3 is 15.5 Å². The number of carbonyl (C=O) groups is 1. The average Bonchev–Trinajstić information content (AvgIpc) is 2.93. The Hall–Kier alpha value is -2.37. The third-order valence-corrected chi connectivity index (χ3v) is 4.63. The number of hydrogen-bond donors (Lipinski definition) is 3. The monoisotopic (exact) mass is 340 g/mol. The molecule has 0 bridgehead atoms. The van der Waals surface area contributed by atoms with Crippen LogP contribution in [-0.4, -0.2) is 46.3 Å². The van der Waals surface area contributed by atoms with E-state index in [1.165, 1.54) is 5.56 Å². The average molecular weight is 340 g/mol. The summed E-state index contributed by atoms with van der Waals surface area (Å²) in [6.45, 7) is 3.65. The van der Waals surface area contributed by atoms with Crippen LogP contribution >= 0.6 is 0 Å². The molecule has 0 radical (unpaired) electrons. The minimum absolute atomic E-state index is 0.00917. The number of carbonyl (C=O) groups excluding carboxylic acids is 1. The van der Waals surface area contributed by atoms with E-state index in [1.807, 2.05) is 25.1 Å². The number of β-amino-alcohol motifs (C(OH)–C–C–N with tert-alkyl or cyclic N) is 1. The molecule has 1 heterocycles. The van der Waals surface area contributed by atoms with Gasteiger partial charge in [0.1, 0.15) is 5.75 Å². The fraction of sp³-hybridized carbons (Fsp3) is 0.350. The molecule has 0 saturated carbocycles. The molecule has 1 fully saturated rings. The lowest BCUT2D eigenvalue weighted by Crippen LogP contribution is -2.39. The Morgan fingerprint density at radius 1 is 1.24 bits per heavy atom. The van der Waals surface area contributed by atoms with Crippen molar-refractivity contribution in [2.24, 2.45) is 0 Å². The van der Waals surface area contributed by atoms with Crippen molar-refractivity contribution < 1.29 is 15.0 Å². The maximum Gasteiger partial charge on any atom is 0.255 e. The van der Waals surface area contributed by atoms with E-state index < -0.39 is 0 Å². The third-order valence-electron chi connectivity index (χ3n) is 4.63. The van der Waals surface area contributed by atoms with E-state index in [0.717, 1.165) is 12.1 Å². The summed E-state index contributed by atoms with van der Waals surface area (Å²) in [7, 11) is 0. The van der Waals surface area contributed by atoms with Crippen LogP contribution < -0.4 is 5.32 Å². The number of aliphatic hydroxyl groups excluding tert-OH is 1. The Kier molecular flexibility index (Phi) is 5.36. The minimum Gasteiger partial charge on any atom is -0.507 e. The number of amides is 1. The van der Waals surface area contributed by atoms with Gasteiger partial charge in [-0.05, 0) is 36.6 Å². The van der Waals surface area contributed by atoms with Crippen LogP contribution in [-0.2, 0) is 6.54 Å². The van der Waals surface area contributed by atoms with Gasteiger partial charge in [0.15, 0.2) is 0 Å². The summed E-state index contributed by atoms with van der Waals surface area (Å²) in [6.07, 6.45) is 0.255. The second-order valence-electron chi connectivity index (χ2n) is 6.69. The molecular weight excluding hydrogens is 316 g/mol. The van der Waals surface area contributed by atoms with Crippen molar-refractivity contribution in [2.75, 3.05) is 13.1 Å². The number of phenols is 1. The van der Waals surface area contributed by atoms with Crippen molar-refractivity contribution in [3.63, 3.8) is 0 Å². The van der Waals surface area contributed by atoms with Gasteiger partial charge in [0.2, 0.25) is 0 Å². The highest BCUT2D eigenvalue weighted by Gasteiger charge is 2.31. The maximum absolute atomic E-state index is 12.3. The first kappa shape index (κ1) is 17.5. The number of aromatic hydroxyl groups is 1. The van der Waals surface area contributed by atoms with Crippen LogP contribution in [0.2, 0.25) is 0 Å². The lowest BCUT2D eigenvalue weighted by Gasteiger charge is -2.24. The number of phenolic OH excluding ortho intramolecular Hbond substituents is 1. The molecule has 2 aromatic carbocycles. The molecule has 0 aliphatic carbocycles. The zero-order valence-corrected chi connectivity index (χ0v) is 14.4. The number of nitrogens with zero attached hydrogens (tertiary/aromatic N) is 1. The molecule has 2 atom stereocenters. The Labute approximate surface area is 147 Å². The maximum atomic E-state index is 12.3. The Morgan fingerprint density at radius 2 is 2.00 bits per heavy atom. The lowest BCUT2D eigenvalue weighted by atomic mass is 10.1. The van der Waals surface area contributed by atoms with Gasteiger partial charge in [-0.3, -0.25) is 9.69 Å². The van der Waals surface area contributed by atoms with Crippen molar-refractivity contribution >= 4 is 5.91 Å². The zero-order valence-electron chi connectivity index (χ0n) is 14.4. The molecule has 0 aromatic heterocycles. The summed E-state index contributed by atoms with van der Waals surface area (Å²) in [5, 5.41) is 22.8. The van der Waals surface area contributed by atoms with E-state index in [9.17, 15) is 15.0 Å². The normalized spacial score (nSPS) is 20.6. The smallest absolute Gasteiger partial charge is 0.255 e. The van der Waals surface area contributed by atoms with Crippen LogP contribution in [0.4, 0.5) is 0 Å². The quantitative estimate of drug-likeness (QED) is 0.779. The fourth-order valence-electron chi connectivity index (χ4n) is 3.32. The van der Waals surface area contributed by atoms with Crippen LogP contribution in [0.5, 0.6) is 5.75 Å². The molecule has 5 heteroatoms. The Balaban J connectivity index is 1.61. The SMILES string of the molecule is Cc1ccc(C(=O)NC[C@@H]2C[C@@H](O)CN2Cc2ccccc2)c(O)c1. The van der Waals surface area contributed by atoms with Gasteiger partial charge in [-0.15, -0.1) is 0 Å². The zero-order chi connectivity index (χ0) is 17.8. The first-order valence-corrected chi connectivity index (χ1v) is 8.57. The number of aryl methyl sites for hydroxylation is 1. The van der Waals surface area contributed by atoms with E-state index >= 15 is 0 Å². The molecule has 1 saturated heterocycles. The minimum atomic E-state index is -0.376. The molecule has 0 spiro atoms. The summed E-state index contributed by atoms with van der Waals surface area (Å²) in [4.78, 5) is 14.5. The third kappa shape index (κ3) is 4.38. The highest BCUT2D eigenvalue weighted by atomic mass is 16.3. The predicted octanol–water partition coefficient (Wildman–Crippen LogP) is 2.07. The summed E-state index contributed by atoms with van der Waals surface area (Å²) < 4.78 is 0. The van der Waals surface area contributed by atoms with Crippen molar-refractivity contribution in [2.45, 2.75) is 32.0 Å². The molecule has 1 aliphatic heterocycles. The highest BCUT2D eigenvalue weighted by molar-refractivity contribution is 5.96. The van der Waals surface area contributed by atoms with Crippen molar-refractivity contribution in [1.29, 1.82) is 0 Å². The molecule has 25 heavy (non-hydrogen) atoms. The number of nitrogens with one attached hydrogen (secondary N) is 1. The van der Waals surface area contributed by atoms with Gasteiger partial charge in [-0.25, -0.2) is 0 Å². The van der Waals surface area contributed by atoms with E-state index in [1.54, 1.807) is 18.2 Å². The molecular formula is C20H24N2O3. The Bertz CT molecular complexity index is 733. The van der Waals surface area contributed by atoms with Gasteiger partial charge in [0, 0.05) is 25.7 Å². The van der Waals surface area contributed by atoms with Gasteiger partial charge in [-0.2, -0.15) is 0 Å². The van der Waals surface area contributed by atoms with Crippen LogP contribution in [0.15, 0.2) is 48.5 Å². The lowest BCUT2D eigenvalue weighted by molar-refractivity contribution is 0.0937. The van der Waals surface area contributed by atoms with Crippen LogP contribution in [0.25, 0.3) is 0 Å². The first-order valence-electron chi connectivity index (χ1n) is 8.57. The summed E-state index contributed by atoms with van der Waals surface area (Å²) in [5.41, 5.74) is 2.37. The molecule has 1 aliphatic rings. The Morgan fingerprint density at radius 3 is 2.72 bits per heavy atom. The molecule has 2 aromatic rings. The number of benzene rings is 2. The topological polar surface area (TPSA) is 72.8 Å². The van der Waals surface area contributed by atoms with Gasteiger partial charge in [0.25, 0.3) is 5.91 Å². The van der Waals surface area contributed by atoms with Crippen LogP contribution in [0.3, 0.4) is 0 Å². The number of likely N-dealkylation sites (tertiary alicyclic amines) is 1. The largest absolute Gasteiger partial charge is 0.507 e. The molecule has 3 rings (SSSR count). The second kappa shape index (κ2) is 7.68. The molecule has 0 unspecified atom stereocenters. The summed E-state index contributed by atoms with van der Waals surface area (Å²) >= 11 is 0. The first-order chi connectivity index (χ1) is 12.0. The van der Waals surface area contributed by atoms with Gasteiger partial charge in [-0.1, -0.05) is 36.4 Å². The highest BCUT2D eigenvalue weighted by Crippen LogP contribution is 2.21. The van der Waals surface area contributed by atoms with Crippen LogP contribution in [0, 0.1) is 6.92 Å². The van der Waals surface area contributed by atoms with E-state index in [4.69, 9.17) is 0 Å². The fourth-order valence-corrected chi connectivity index (χ4v) is 3.32. The van der Waals surface area contributed by atoms with Gasteiger partial charge in [0.05, 0.1) is 11.7 Å². The van der Waals surface area contributed by atoms with Crippen molar-refractivity contribution in [3.8, 4) is 5.75 Å². The molecule has 1 amide bonds. The number of hydrogen-bond acceptors (Lipinski definition) is 4. The van der Waals surface area contributed by atoms with Crippen molar-refractivity contribution in [1.82, 2.24) is 10.2 Å². The van der Waals surface area contributed by atoms with E-state index in [-0.39, 0.29) is 29.4 Å².